The fourth-order valence-corrected chi connectivity index (χ4v) is 2.67. The smallest absolute Gasteiger partial charge is 0.414 e. The van der Waals surface area contributed by atoms with E-state index >= 15 is 0 Å². The number of hydrogen-bond donors (Lipinski definition) is 2. The van der Waals surface area contributed by atoms with E-state index in [1.54, 1.807) is 64.6 Å². The van der Waals surface area contributed by atoms with Gasteiger partial charge >= 0.3 is 12.2 Å². The average molecular weight is 418 g/mol. The maximum Gasteiger partial charge on any atom is 0.414 e. The molecule has 30 heavy (non-hydrogen) atoms. The van der Waals surface area contributed by atoms with Crippen LogP contribution in [0.4, 0.5) is 21.0 Å². The quantitative estimate of drug-likeness (QED) is 0.560. The number of carbonyl (C=O) groups excluding carboxylic acids is 3. The standard InChI is InChI=1S/C21H30N4O5/c1-20(2,3)29-18(27)23-17(24-19(28)30-21(4,5)6)22-14-9-7-10-15(13-14)25-12-8-11-16(25)26/h7,9-10,13H,8,11-12H2,1-6H3,(H2,22,23,24,27,28). The van der Waals surface area contributed by atoms with Crippen molar-refractivity contribution in [3.8, 4) is 0 Å². The molecule has 2 N–H and O–H groups in total. The third kappa shape index (κ3) is 7.73. The summed E-state index contributed by atoms with van der Waals surface area (Å²) < 4.78 is 10.5. The van der Waals surface area contributed by atoms with Gasteiger partial charge in [-0.15, -0.1) is 0 Å². The minimum Gasteiger partial charge on any atom is -0.444 e. The zero-order chi connectivity index (χ0) is 22.5. The number of benzene rings is 1. The van der Waals surface area contributed by atoms with Crippen LogP contribution in [-0.4, -0.2) is 41.8 Å². The zero-order valence-corrected chi connectivity index (χ0v) is 18.4. The van der Waals surface area contributed by atoms with E-state index in [-0.39, 0.29) is 11.9 Å². The van der Waals surface area contributed by atoms with Crippen LogP contribution < -0.4 is 15.5 Å². The fourth-order valence-electron chi connectivity index (χ4n) is 2.67. The SMILES string of the molecule is CC(C)(C)OC(=O)NC(=Nc1cccc(N2CCCC2=O)c1)NC(=O)OC(C)(C)C. The highest BCUT2D eigenvalue weighted by Crippen LogP contribution is 2.25. The topological polar surface area (TPSA) is 109 Å². The van der Waals surface area contributed by atoms with Gasteiger partial charge in [-0.25, -0.2) is 14.6 Å². The van der Waals surface area contributed by atoms with Crippen LogP contribution in [-0.2, 0) is 14.3 Å². The van der Waals surface area contributed by atoms with Crippen molar-refractivity contribution in [2.24, 2.45) is 4.99 Å². The van der Waals surface area contributed by atoms with Crippen LogP contribution in [0.5, 0.6) is 0 Å². The molecule has 9 heteroatoms. The second-order valence-electron chi connectivity index (χ2n) is 8.88. The molecule has 0 saturated carbocycles. The van der Waals surface area contributed by atoms with Gasteiger partial charge in [-0.3, -0.25) is 15.4 Å². The largest absolute Gasteiger partial charge is 0.444 e. The van der Waals surface area contributed by atoms with E-state index in [1.807, 2.05) is 6.07 Å². The van der Waals surface area contributed by atoms with Crippen LogP contribution >= 0.6 is 0 Å². The molecule has 1 heterocycles. The maximum absolute atomic E-state index is 12.2. The highest BCUT2D eigenvalue weighted by atomic mass is 16.6. The van der Waals surface area contributed by atoms with Crippen molar-refractivity contribution in [3.63, 3.8) is 0 Å². The Morgan fingerprint density at radius 2 is 1.57 bits per heavy atom. The van der Waals surface area contributed by atoms with Crippen molar-refractivity contribution in [1.29, 1.82) is 0 Å². The molecule has 1 saturated heterocycles. The van der Waals surface area contributed by atoms with Crippen LogP contribution in [0.25, 0.3) is 0 Å². The summed E-state index contributed by atoms with van der Waals surface area (Å²) in [5, 5.41) is 4.87. The number of rotatable bonds is 2. The van der Waals surface area contributed by atoms with Crippen molar-refractivity contribution in [2.45, 2.75) is 65.6 Å². The van der Waals surface area contributed by atoms with Crippen molar-refractivity contribution in [1.82, 2.24) is 10.6 Å². The van der Waals surface area contributed by atoms with Gasteiger partial charge in [0.2, 0.25) is 11.9 Å². The van der Waals surface area contributed by atoms with Crippen LogP contribution in [0.1, 0.15) is 54.4 Å². The Hall–Kier alpha value is -3.10. The molecule has 0 spiro atoms. The zero-order valence-electron chi connectivity index (χ0n) is 18.4. The summed E-state index contributed by atoms with van der Waals surface area (Å²) in [4.78, 5) is 42.4. The van der Waals surface area contributed by atoms with Crippen LogP contribution in [0.2, 0.25) is 0 Å². The van der Waals surface area contributed by atoms with Gasteiger partial charge in [0.1, 0.15) is 11.2 Å². The molecule has 164 valence electrons. The van der Waals surface area contributed by atoms with E-state index in [1.165, 1.54) is 0 Å². The molecule has 1 aliphatic heterocycles. The van der Waals surface area contributed by atoms with E-state index in [0.29, 0.717) is 24.3 Å². The number of hydrogen-bond acceptors (Lipinski definition) is 6. The van der Waals surface area contributed by atoms with Gasteiger partial charge in [-0.05, 0) is 66.2 Å². The first-order valence-corrected chi connectivity index (χ1v) is 9.81. The molecule has 0 radical (unpaired) electrons. The molecule has 0 aromatic heterocycles. The molecule has 1 aromatic carbocycles. The lowest BCUT2D eigenvalue weighted by molar-refractivity contribution is -0.117. The Kier molecular flexibility index (Phi) is 7.07. The third-order valence-electron chi connectivity index (χ3n) is 3.69. The molecular formula is C21H30N4O5. The summed E-state index contributed by atoms with van der Waals surface area (Å²) >= 11 is 0. The van der Waals surface area contributed by atoms with Gasteiger partial charge in [0, 0.05) is 18.7 Å². The first-order chi connectivity index (χ1) is 13.8. The molecule has 0 unspecified atom stereocenters. The van der Waals surface area contributed by atoms with Gasteiger partial charge in [0.25, 0.3) is 0 Å². The number of carbonyl (C=O) groups is 3. The second kappa shape index (κ2) is 9.15. The Balaban J connectivity index is 2.26. The van der Waals surface area contributed by atoms with Crippen molar-refractivity contribution in [2.75, 3.05) is 11.4 Å². The van der Waals surface area contributed by atoms with Gasteiger partial charge < -0.3 is 14.4 Å². The maximum atomic E-state index is 12.2. The van der Waals surface area contributed by atoms with Gasteiger partial charge in [-0.2, -0.15) is 0 Å². The van der Waals surface area contributed by atoms with Crippen LogP contribution in [0, 0.1) is 0 Å². The number of ether oxygens (including phenoxy) is 2. The Morgan fingerprint density at radius 3 is 2.03 bits per heavy atom. The van der Waals surface area contributed by atoms with Crippen molar-refractivity contribution >= 4 is 35.4 Å². The van der Waals surface area contributed by atoms with E-state index in [2.05, 4.69) is 15.6 Å². The molecule has 0 bridgehead atoms. The fraction of sp³-hybridized carbons (Fsp3) is 0.524. The van der Waals surface area contributed by atoms with Crippen molar-refractivity contribution < 1.29 is 23.9 Å². The van der Waals surface area contributed by atoms with E-state index in [0.717, 1.165) is 6.42 Å². The molecule has 0 aliphatic carbocycles. The summed E-state index contributed by atoms with van der Waals surface area (Å²) in [7, 11) is 0. The second-order valence-corrected chi connectivity index (χ2v) is 8.88. The molecule has 1 aromatic rings. The minimum absolute atomic E-state index is 0.0510. The molecule has 0 atom stereocenters. The van der Waals surface area contributed by atoms with Crippen LogP contribution in [0.15, 0.2) is 29.3 Å². The van der Waals surface area contributed by atoms with E-state index in [4.69, 9.17) is 9.47 Å². The lowest BCUT2D eigenvalue weighted by Gasteiger charge is -2.22. The first kappa shape index (κ1) is 23.2. The summed E-state index contributed by atoms with van der Waals surface area (Å²) in [6.07, 6.45) is -0.233. The summed E-state index contributed by atoms with van der Waals surface area (Å²) in [5.41, 5.74) is -0.309. The lowest BCUT2D eigenvalue weighted by atomic mass is 10.2. The van der Waals surface area contributed by atoms with E-state index in [9.17, 15) is 14.4 Å². The van der Waals surface area contributed by atoms with Crippen molar-refractivity contribution in [3.05, 3.63) is 24.3 Å². The molecule has 2 rings (SSSR count). The normalized spacial score (nSPS) is 14.2. The minimum atomic E-state index is -0.775. The van der Waals surface area contributed by atoms with Gasteiger partial charge in [0.15, 0.2) is 0 Å². The molecular weight excluding hydrogens is 388 g/mol. The number of alkyl carbamates (subject to hydrolysis) is 2. The number of nitrogens with one attached hydrogen (secondary N) is 2. The van der Waals surface area contributed by atoms with Crippen LogP contribution in [0.3, 0.4) is 0 Å². The van der Waals surface area contributed by atoms with Gasteiger partial charge in [0.05, 0.1) is 5.69 Å². The molecule has 9 nitrogen and oxygen atoms in total. The predicted octanol–water partition coefficient (Wildman–Crippen LogP) is 3.85. The highest BCUT2D eigenvalue weighted by molar-refractivity contribution is 6.02. The first-order valence-electron chi connectivity index (χ1n) is 9.81. The number of amides is 3. The number of guanidine groups is 1. The lowest BCUT2D eigenvalue weighted by Crippen LogP contribution is -2.47. The monoisotopic (exact) mass is 418 g/mol. The molecule has 1 aliphatic rings. The predicted molar refractivity (Wildman–Crippen MR) is 114 cm³/mol. The number of anilines is 1. The number of aliphatic imine (C=N–C) groups is 1. The third-order valence-corrected chi connectivity index (χ3v) is 3.69. The molecule has 3 amide bonds. The van der Waals surface area contributed by atoms with E-state index < -0.39 is 23.4 Å². The Bertz CT molecular complexity index is 805. The summed E-state index contributed by atoms with van der Waals surface area (Å²) in [6.45, 7) is 11.0. The highest BCUT2D eigenvalue weighted by Gasteiger charge is 2.23. The Morgan fingerprint density at radius 1 is 1.00 bits per heavy atom. The van der Waals surface area contributed by atoms with Gasteiger partial charge in [-0.1, -0.05) is 6.07 Å². The Labute approximate surface area is 176 Å². The summed E-state index contributed by atoms with van der Waals surface area (Å²) in [5.74, 6) is -0.0986. The molecule has 1 fully saturated rings. The summed E-state index contributed by atoms with van der Waals surface area (Å²) in [6, 6.07) is 6.96. The number of nitrogens with zero attached hydrogens (tertiary/aromatic N) is 2. The average Bonchev–Trinajstić information content (AvgIpc) is 2.97.